The smallest absolute Gasteiger partial charge is 0.343 e. The number of alkyl halides is 2. The van der Waals surface area contributed by atoms with E-state index in [4.69, 9.17) is 4.74 Å². The molecule has 0 aliphatic rings. The van der Waals surface area contributed by atoms with Gasteiger partial charge in [0.1, 0.15) is 11.3 Å². The third kappa shape index (κ3) is 3.22. The van der Waals surface area contributed by atoms with Gasteiger partial charge in [0.15, 0.2) is 5.65 Å². The van der Waals surface area contributed by atoms with Gasteiger partial charge in [-0.2, -0.15) is 5.10 Å². The summed E-state index contributed by atoms with van der Waals surface area (Å²) in [7, 11) is 0. The van der Waals surface area contributed by atoms with Gasteiger partial charge in [0.25, 0.3) is 6.43 Å². The Hall–Kier alpha value is -2.83. The molecule has 0 saturated carbocycles. The minimum absolute atomic E-state index is 0.0609. The van der Waals surface area contributed by atoms with Crippen molar-refractivity contribution in [1.29, 1.82) is 0 Å². The van der Waals surface area contributed by atoms with E-state index in [1.807, 2.05) is 31.2 Å². The molecule has 0 amide bonds. The van der Waals surface area contributed by atoms with Crippen molar-refractivity contribution >= 4 is 11.6 Å². The molecule has 0 atom stereocenters. The van der Waals surface area contributed by atoms with Gasteiger partial charge in [-0.1, -0.05) is 31.2 Å². The number of hydrogen-bond acceptors (Lipinski definition) is 4. The maximum Gasteiger partial charge on any atom is 0.343 e. The van der Waals surface area contributed by atoms with Gasteiger partial charge in [-0.3, -0.25) is 0 Å². The molecule has 25 heavy (non-hydrogen) atoms. The SMILES string of the molecule is CCOC(=O)c1cnn2c(C(F)F)cc(-c3ccc(CC)cc3)nc12. The lowest BCUT2D eigenvalue weighted by atomic mass is 10.1. The first kappa shape index (κ1) is 17.0. The number of benzene rings is 1. The zero-order chi connectivity index (χ0) is 18.0. The Morgan fingerprint density at radius 1 is 1.24 bits per heavy atom. The van der Waals surface area contributed by atoms with Crippen LogP contribution in [-0.4, -0.2) is 27.2 Å². The Kier molecular flexibility index (Phi) is 4.74. The van der Waals surface area contributed by atoms with Crippen molar-refractivity contribution in [1.82, 2.24) is 14.6 Å². The first-order valence-corrected chi connectivity index (χ1v) is 7.98. The Bertz CT molecular complexity index is 905. The molecule has 0 unspecified atom stereocenters. The summed E-state index contributed by atoms with van der Waals surface area (Å²) in [6, 6.07) is 8.79. The van der Waals surface area contributed by atoms with Crippen molar-refractivity contribution in [3.8, 4) is 11.3 Å². The molecule has 1 aromatic carbocycles. The van der Waals surface area contributed by atoms with Crippen molar-refractivity contribution < 1.29 is 18.3 Å². The van der Waals surface area contributed by atoms with Crippen LogP contribution in [0, 0.1) is 0 Å². The average molecular weight is 345 g/mol. The highest BCUT2D eigenvalue weighted by molar-refractivity contribution is 5.96. The molecule has 0 aliphatic carbocycles. The van der Waals surface area contributed by atoms with E-state index in [9.17, 15) is 13.6 Å². The summed E-state index contributed by atoms with van der Waals surface area (Å²) < 4.78 is 32.9. The molecule has 3 rings (SSSR count). The van der Waals surface area contributed by atoms with E-state index in [2.05, 4.69) is 10.1 Å². The Labute approximate surface area is 143 Å². The molecule has 5 nitrogen and oxygen atoms in total. The van der Waals surface area contributed by atoms with Crippen molar-refractivity contribution in [3.05, 3.63) is 53.3 Å². The molecule has 0 fully saturated rings. The fraction of sp³-hybridized carbons (Fsp3) is 0.278. The molecule has 0 bridgehead atoms. The molecular formula is C18H17F2N3O2. The number of carbonyl (C=O) groups excluding carboxylic acids is 1. The number of nitrogens with zero attached hydrogens (tertiary/aromatic N) is 3. The highest BCUT2D eigenvalue weighted by Crippen LogP contribution is 2.27. The van der Waals surface area contributed by atoms with Gasteiger partial charge in [0, 0.05) is 5.56 Å². The second-order valence-electron chi connectivity index (χ2n) is 5.43. The van der Waals surface area contributed by atoms with Gasteiger partial charge >= 0.3 is 5.97 Å². The van der Waals surface area contributed by atoms with Gasteiger partial charge in [0.2, 0.25) is 0 Å². The zero-order valence-corrected chi connectivity index (χ0v) is 13.9. The first-order chi connectivity index (χ1) is 12.0. The minimum atomic E-state index is -2.76. The van der Waals surface area contributed by atoms with E-state index in [1.165, 1.54) is 12.3 Å². The Morgan fingerprint density at radius 2 is 1.96 bits per heavy atom. The molecule has 2 aromatic heterocycles. The quantitative estimate of drug-likeness (QED) is 0.654. The van der Waals surface area contributed by atoms with E-state index in [0.29, 0.717) is 11.3 Å². The largest absolute Gasteiger partial charge is 0.462 e. The number of carbonyl (C=O) groups is 1. The van der Waals surface area contributed by atoms with Gasteiger partial charge in [-0.25, -0.2) is 23.1 Å². The maximum absolute atomic E-state index is 13.5. The lowest BCUT2D eigenvalue weighted by Gasteiger charge is -2.09. The summed E-state index contributed by atoms with van der Waals surface area (Å²) >= 11 is 0. The number of fused-ring (bicyclic) bond motifs is 1. The van der Waals surface area contributed by atoms with Crippen molar-refractivity contribution in [2.45, 2.75) is 26.7 Å². The monoisotopic (exact) mass is 345 g/mol. The molecule has 0 spiro atoms. The molecule has 0 N–H and O–H groups in total. The van der Waals surface area contributed by atoms with Gasteiger partial charge in [0.05, 0.1) is 18.5 Å². The van der Waals surface area contributed by atoms with Crippen molar-refractivity contribution in [2.75, 3.05) is 6.61 Å². The molecule has 0 aliphatic heterocycles. The summed E-state index contributed by atoms with van der Waals surface area (Å²) in [6.45, 7) is 3.88. The summed E-state index contributed by atoms with van der Waals surface area (Å²) in [6.07, 6.45) is -0.671. The number of ether oxygens (including phenoxy) is 1. The van der Waals surface area contributed by atoms with Crippen LogP contribution in [0.1, 0.15) is 41.9 Å². The summed E-state index contributed by atoms with van der Waals surface area (Å²) in [5.41, 5.74) is 1.99. The van der Waals surface area contributed by atoms with E-state index in [-0.39, 0.29) is 23.5 Å². The molecular weight excluding hydrogens is 328 g/mol. The van der Waals surface area contributed by atoms with Gasteiger partial charge < -0.3 is 4.74 Å². The number of aromatic nitrogens is 3. The van der Waals surface area contributed by atoms with Crippen LogP contribution < -0.4 is 0 Å². The Morgan fingerprint density at radius 3 is 2.56 bits per heavy atom. The molecule has 3 aromatic rings. The van der Waals surface area contributed by atoms with E-state index in [0.717, 1.165) is 16.5 Å². The summed E-state index contributed by atoms with van der Waals surface area (Å²) in [5, 5.41) is 3.88. The highest BCUT2D eigenvalue weighted by atomic mass is 19.3. The van der Waals surface area contributed by atoms with Crippen LogP contribution in [0.15, 0.2) is 36.5 Å². The number of rotatable bonds is 5. The van der Waals surface area contributed by atoms with Crippen LogP contribution >= 0.6 is 0 Å². The van der Waals surface area contributed by atoms with Gasteiger partial charge in [-0.15, -0.1) is 0 Å². The van der Waals surface area contributed by atoms with Crippen LogP contribution in [0.2, 0.25) is 0 Å². The standard InChI is InChI=1S/C18H17F2N3O2/c1-3-11-5-7-12(8-6-11)14-9-15(16(19)20)23-17(22-14)13(10-21-23)18(24)25-4-2/h5-10,16H,3-4H2,1-2H3. The number of aryl methyl sites for hydroxylation is 1. The fourth-order valence-electron chi connectivity index (χ4n) is 2.55. The van der Waals surface area contributed by atoms with Gasteiger partial charge in [-0.05, 0) is 25.0 Å². The van der Waals surface area contributed by atoms with Crippen LogP contribution in [0.5, 0.6) is 0 Å². The summed E-state index contributed by atoms with van der Waals surface area (Å²) in [5.74, 6) is -0.635. The van der Waals surface area contributed by atoms with Crippen molar-refractivity contribution in [3.63, 3.8) is 0 Å². The van der Waals surface area contributed by atoms with E-state index < -0.39 is 12.4 Å². The van der Waals surface area contributed by atoms with E-state index in [1.54, 1.807) is 6.92 Å². The van der Waals surface area contributed by atoms with Crippen molar-refractivity contribution in [2.24, 2.45) is 0 Å². The molecule has 130 valence electrons. The van der Waals surface area contributed by atoms with Crippen LogP contribution in [0.3, 0.4) is 0 Å². The zero-order valence-electron chi connectivity index (χ0n) is 13.9. The second-order valence-corrected chi connectivity index (χ2v) is 5.43. The minimum Gasteiger partial charge on any atom is -0.462 e. The molecule has 7 heteroatoms. The number of esters is 1. The highest BCUT2D eigenvalue weighted by Gasteiger charge is 2.22. The van der Waals surface area contributed by atoms with Crippen LogP contribution in [0.25, 0.3) is 16.9 Å². The fourth-order valence-corrected chi connectivity index (χ4v) is 2.55. The summed E-state index contributed by atoms with van der Waals surface area (Å²) in [4.78, 5) is 16.4. The average Bonchev–Trinajstić information content (AvgIpc) is 3.05. The Balaban J connectivity index is 2.18. The molecule has 0 saturated heterocycles. The topological polar surface area (TPSA) is 56.5 Å². The third-order valence-corrected chi connectivity index (χ3v) is 3.88. The first-order valence-electron chi connectivity index (χ1n) is 7.98. The molecule has 2 heterocycles. The maximum atomic E-state index is 13.5. The second kappa shape index (κ2) is 6.96. The third-order valence-electron chi connectivity index (χ3n) is 3.88. The normalized spacial score (nSPS) is 11.2. The predicted octanol–water partition coefficient (Wildman–Crippen LogP) is 4.07. The molecule has 0 radical (unpaired) electrons. The van der Waals surface area contributed by atoms with Crippen LogP contribution in [-0.2, 0) is 11.2 Å². The van der Waals surface area contributed by atoms with E-state index >= 15 is 0 Å². The lowest BCUT2D eigenvalue weighted by Crippen LogP contribution is -2.07. The number of halogens is 2. The lowest BCUT2D eigenvalue weighted by molar-refractivity contribution is 0.0528. The number of hydrogen-bond donors (Lipinski definition) is 0. The van der Waals surface area contributed by atoms with Crippen LogP contribution in [0.4, 0.5) is 8.78 Å². The predicted molar refractivity (Wildman–Crippen MR) is 88.7 cm³/mol.